The highest BCUT2D eigenvalue weighted by atomic mass is 16.6. The zero-order valence-corrected chi connectivity index (χ0v) is 15.3. The molecule has 1 aliphatic rings. The summed E-state index contributed by atoms with van der Waals surface area (Å²) in [6.45, 7) is 14.2. The fourth-order valence-electron chi connectivity index (χ4n) is 3.06. The van der Waals surface area contributed by atoms with Crippen LogP contribution in [-0.2, 0) is 9.53 Å². The molecule has 2 unspecified atom stereocenters. The zero-order valence-electron chi connectivity index (χ0n) is 15.3. The van der Waals surface area contributed by atoms with Crippen LogP contribution in [0.3, 0.4) is 0 Å². The van der Waals surface area contributed by atoms with Gasteiger partial charge in [-0.1, -0.05) is 53.7 Å². The van der Waals surface area contributed by atoms with Gasteiger partial charge >= 0.3 is 5.97 Å². The lowest BCUT2D eigenvalue weighted by atomic mass is 9.69. The summed E-state index contributed by atoms with van der Waals surface area (Å²) in [5.74, 6) is 0.961. The first-order valence-corrected chi connectivity index (χ1v) is 8.49. The molecule has 0 aliphatic carbocycles. The normalized spacial score (nSPS) is 20.3. The van der Waals surface area contributed by atoms with Gasteiger partial charge in [-0.05, 0) is 40.9 Å². The van der Waals surface area contributed by atoms with E-state index in [0.29, 0.717) is 18.9 Å². The summed E-state index contributed by atoms with van der Waals surface area (Å²) in [4.78, 5) is 11.5. The molecule has 1 aromatic carbocycles. The Kier molecular flexibility index (Phi) is 5.07. The second kappa shape index (κ2) is 6.54. The van der Waals surface area contributed by atoms with Crippen LogP contribution >= 0.6 is 0 Å². The van der Waals surface area contributed by atoms with Crippen LogP contribution in [-0.4, -0.2) is 18.7 Å². The summed E-state index contributed by atoms with van der Waals surface area (Å²) in [6, 6.07) is 8.22. The van der Waals surface area contributed by atoms with Crippen molar-refractivity contribution in [2.75, 3.05) is 6.61 Å². The van der Waals surface area contributed by atoms with E-state index in [9.17, 15) is 4.79 Å². The van der Waals surface area contributed by atoms with Crippen molar-refractivity contribution in [1.29, 1.82) is 0 Å². The van der Waals surface area contributed by atoms with Crippen molar-refractivity contribution < 1.29 is 14.3 Å². The van der Waals surface area contributed by atoms with Gasteiger partial charge in [0.05, 0.1) is 6.61 Å². The van der Waals surface area contributed by atoms with E-state index in [1.54, 1.807) is 0 Å². The minimum Gasteiger partial charge on any atom is -0.479 e. The van der Waals surface area contributed by atoms with Gasteiger partial charge in [-0.25, -0.2) is 4.79 Å². The second-order valence-electron chi connectivity index (χ2n) is 8.82. The molecule has 23 heavy (non-hydrogen) atoms. The number of hydrogen-bond donors (Lipinski definition) is 0. The highest BCUT2D eigenvalue weighted by molar-refractivity contribution is 5.76. The van der Waals surface area contributed by atoms with Gasteiger partial charge in [0, 0.05) is 6.42 Å². The van der Waals surface area contributed by atoms with E-state index in [1.165, 1.54) is 5.56 Å². The van der Waals surface area contributed by atoms with Crippen LogP contribution in [0.25, 0.3) is 0 Å². The van der Waals surface area contributed by atoms with Crippen LogP contribution < -0.4 is 4.74 Å². The molecular weight excluding hydrogens is 288 g/mol. The summed E-state index contributed by atoms with van der Waals surface area (Å²) < 4.78 is 10.7. The molecule has 3 nitrogen and oxygen atoms in total. The van der Waals surface area contributed by atoms with Crippen LogP contribution in [0.4, 0.5) is 0 Å². The van der Waals surface area contributed by atoms with Gasteiger partial charge in [-0.15, -0.1) is 0 Å². The first-order chi connectivity index (χ1) is 10.6. The van der Waals surface area contributed by atoms with Crippen molar-refractivity contribution in [2.24, 2.45) is 10.8 Å². The van der Waals surface area contributed by atoms with Crippen molar-refractivity contribution in [3.63, 3.8) is 0 Å². The molecule has 0 amide bonds. The van der Waals surface area contributed by atoms with Crippen LogP contribution in [0.2, 0.25) is 0 Å². The molecule has 1 fully saturated rings. The molecule has 0 saturated carbocycles. The number of ether oxygens (including phenoxy) is 2. The van der Waals surface area contributed by atoms with Crippen LogP contribution in [0.15, 0.2) is 24.3 Å². The van der Waals surface area contributed by atoms with E-state index in [2.05, 4.69) is 53.7 Å². The first kappa shape index (κ1) is 17.8. The first-order valence-electron chi connectivity index (χ1n) is 8.49. The molecule has 0 spiro atoms. The van der Waals surface area contributed by atoms with Gasteiger partial charge in [0.15, 0.2) is 6.10 Å². The molecule has 3 heteroatoms. The molecule has 1 saturated heterocycles. The Morgan fingerprint density at radius 1 is 1.13 bits per heavy atom. The fourth-order valence-corrected chi connectivity index (χ4v) is 3.06. The SMILES string of the molecule is CC(C)(C)CC(c1ccc(OC2CCOC2=O)cc1)C(C)(C)C. The predicted molar refractivity (Wildman–Crippen MR) is 92.7 cm³/mol. The van der Waals surface area contributed by atoms with Gasteiger partial charge in [-0.3, -0.25) is 0 Å². The summed E-state index contributed by atoms with van der Waals surface area (Å²) >= 11 is 0. The topological polar surface area (TPSA) is 35.5 Å². The molecule has 1 aliphatic heterocycles. The van der Waals surface area contributed by atoms with E-state index < -0.39 is 6.10 Å². The van der Waals surface area contributed by atoms with Gasteiger partial charge in [0.2, 0.25) is 0 Å². The molecule has 0 bridgehead atoms. The number of hydrogen-bond acceptors (Lipinski definition) is 3. The van der Waals surface area contributed by atoms with Gasteiger partial charge in [0.1, 0.15) is 5.75 Å². The monoisotopic (exact) mass is 318 g/mol. The Morgan fingerprint density at radius 2 is 1.74 bits per heavy atom. The van der Waals surface area contributed by atoms with E-state index in [0.717, 1.165) is 12.2 Å². The molecule has 2 rings (SSSR count). The lowest BCUT2D eigenvalue weighted by molar-refractivity contribution is -0.143. The maximum absolute atomic E-state index is 11.5. The Morgan fingerprint density at radius 3 is 2.17 bits per heavy atom. The van der Waals surface area contributed by atoms with Crippen LogP contribution in [0.5, 0.6) is 5.75 Å². The maximum Gasteiger partial charge on any atom is 0.347 e. The third kappa shape index (κ3) is 4.98. The minimum absolute atomic E-state index is 0.199. The van der Waals surface area contributed by atoms with Crippen molar-refractivity contribution in [1.82, 2.24) is 0 Å². The van der Waals surface area contributed by atoms with Crippen molar-refractivity contribution >= 4 is 5.97 Å². The lowest BCUT2D eigenvalue weighted by Crippen LogP contribution is -2.24. The average Bonchev–Trinajstić information content (AvgIpc) is 2.81. The number of esters is 1. The van der Waals surface area contributed by atoms with E-state index in [1.807, 2.05) is 12.1 Å². The smallest absolute Gasteiger partial charge is 0.347 e. The molecule has 0 N–H and O–H groups in total. The van der Waals surface area contributed by atoms with Crippen molar-refractivity contribution in [3.05, 3.63) is 29.8 Å². The van der Waals surface area contributed by atoms with Crippen molar-refractivity contribution in [3.8, 4) is 5.75 Å². The Hall–Kier alpha value is -1.51. The summed E-state index contributed by atoms with van der Waals surface area (Å²) in [5.41, 5.74) is 1.81. The quantitative estimate of drug-likeness (QED) is 0.737. The number of rotatable bonds is 4. The molecular formula is C20H30O3. The lowest BCUT2D eigenvalue weighted by Gasteiger charge is -2.36. The molecule has 2 atom stereocenters. The Bertz CT molecular complexity index is 531. The molecule has 1 heterocycles. The Balaban J connectivity index is 2.13. The number of cyclic esters (lactones) is 1. The van der Waals surface area contributed by atoms with Gasteiger partial charge in [-0.2, -0.15) is 0 Å². The summed E-state index contributed by atoms with van der Waals surface area (Å²) in [6.07, 6.45) is 1.31. The molecule has 0 aromatic heterocycles. The third-order valence-electron chi connectivity index (χ3n) is 4.31. The third-order valence-corrected chi connectivity index (χ3v) is 4.31. The van der Waals surface area contributed by atoms with Gasteiger partial charge < -0.3 is 9.47 Å². The average molecular weight is 318 g/mol. The standard InChI is InChI=1S/C20H30O3/c1-19(2,3)13-16(20(4,5)6)14-7-9-15(10-8-14)23-17-11-12-22-18(17)21/h7-10,16-17H,11-13H2,1-6H3. The largest absolute Gasteiger partial charge is 0.479 e. The van der Waals surface area contributed by atoms with E-state index in [4.69, 9.17) is 9.47 Å². The second-order valence-corrected chi connectivity index (χ2v) is 8.82. The number of carbonyl (C=O) groups excluding carboxylic acids is 1. The molecule has 0 radical (unpaired) electrons. The minimum atomic E-state index is -0.450. The maximum atomic E-state index is 11.5. The number of benzene rings is 1. The van der Waals surface area contributed by atoms with Crippen LogP contribution in [0.1, 0.15) is 65.9 Å². The van der Waals surface area contributed by atoms with Gasteiger partial charge in [0.25, 0.3) is 0 Å². The van der Waals surface area contributed by atoms with E-state index >= 15 is 0 Å². The summed E-state index contributed by atoms with van der Waals surface area (Å²) in [7, 11) is 0. The van der Waals surface area contributed by atoms with Crippen LogP contribution in [0, 0.1) is 10.8 Å². The zero-order chi connectivity index (χ0) is 17.3. The predicted octanol–water partition coefficient (Wildman–Crippen LogP) is 4.95. The Labute approximate surface area is 140 Å². The van der Waals surface area contributed by atoms with E-state index in [-0.39, 0.29) is 16.8 Å². The van der Waals surface area contributed by atoms with Crippen molar-refractivity contribution in [2.45, 2.75) is 66.4 Å². The number of carbonyl (C=O) groups is 1. The summed E-state index contributed by atoms with van der Waals surface area (Å²) in [5, 5.41) is 0. The molecule has 128 valence electrons. The fraction of sp³-hybridized carbons (Fsp3) is 0.650. The highest BCUT2D eigenvalue weighted by Crippen LogP contribution is 2.43. The highest BCUT2D eigenvalue weighted by Gasteiger charge is 2.31. The molecule has 1 aromatic rings.